The Kier molecular flexibility index (Phi) is 1.69. The molecule has 0 fully saturated rings. The Hall–Kier alpha value is -0.300. The van der Waals surface area contributed by atoms with Crippen molar-refractivity contribution >= 4 is 0 Å². The van der Waals surface area contributed by atoms with E-state index in [1.54, 1.807) is 0 Å². The maximum Gasteiger partial charge on any atom is 0.0136 e. The molecular formula is C7H13N. The molecule has 0 radical (unpaired) electrons. The summed E-state index contributed by atoms with van der Waals surface area (Å²) in [5, 5.41) is 0. The van der Waals surface area contributed by atoms with Crippen LogP contribution in [0.1, 0.15) is 19.8 Å². The van der Waals surface area contributed by atoms with Gasteiger partial charge in [-0.3, -0.25) is 0 Å². The molecule has 0 aromatic heterocycles. The molecule has 0 spiro atoms. The van der Waals surface area contributed by atoms with E-state index in [9.17, 15) is 0 Å². The van der Waals surface area contributed by atoms with Gasteiger partial charge in [-0.05, 0) is 18.8 Å². The van der Waals surface area contributed by atoms with Gasteiger partial charge in [0.2, 0.25) is 0 Å². The van der Waals surface area contributed by atoms with Gasteiger partial charge in [-0.25, -0.2) is 0 Å². The standard InChI is InChI=1S/C7H13N/c1-2-6-4-3-5-7(6)8/h3-4,6-7H,2,5,8H2,1H3. The lowest BCUT2D eigenvalue weighted by Gasteiger charge is -2.10. The highest BCUT2D eigenvalue weighted by atomic mass is 14.6. The van der Waals surface area contributed by atoms with E-state index in [-0.39, 0.29) is 0 Å². The Bertz CT molecular complexity index is 96.6. The zero-order valence-corrected chi connectivity index (χ0v) is 5.30. The average Bonchev–Trinajstić information content (AvgIpc) is 2.14. The molecule has 1 aliphatic carbocycles. The van der Waals surface area contributed by atoms with Crippen LogP contribution in [0, 0.1) is 5.92 Å². The smallest absolute Gasteiger partial charge is 0.0136 e. The molecule has 46 valence electrons. The monoisotopic (exact) mass is 111 g/mol. The zero-order chi connectivity index (χ0) is 5.98. The predicted molar refractivity (Wildman–Crippen MR) is 35.5 cm³/mol. The first-order valence-corrected chi connectivity index (χ1v) is 3.27. The van der Waals surface area contributed by atoms with Crippen LogP contribution in [-0.4, -0.2) is 6.04 Å². The first-order valence-electron chi connectivity index (χ1n) is 3.27. The van der Waals surface area contributed by atoms with Crippen LogP contribution in [0.3, 0.4) is 0 Å². The lowest BCUT2D eigenvalue weighted by atomic mass is 10.0. The van der Waals surface area contributed by atoms with Gasteiger partial charge < -0.3 is 5.73 Å². The van der Waals surface area contributed by atoms with Gasteiger partial charge in [-0.15, -0.1) is 0 Å². The zero-order valence-electron chi connectivity index (χ0n) is 5.30. The maximum atomic E-state index is 5.73. The summed E-state index contributed by atoms with van der Waals surface area (Å²) in [6.07, 6.45) is 6.68. The summed E-state index contributed by atoms with van der Waals surface area (Å²) >= 11 is 0. The Balaban J connectivity index is 2.41. The fraction of sp³-hybridized carbons (Fsp3) is 0.714. The van der Waals surface area contributed by atoms with Crippen molar-refractivity contribution < 1.29 is 0 Å². The van der Waals surface area contributed by atoms with Crippen molar-refractivity contribution in [3.8, 4) is 0 Å². The Labute approximate surface area is 50.6 Å². The van der Waals surface area contributed by atoms with Gasteiger partial charge in [0.15, 0.2) is 0 Å². The van der Waals surface area contributed by atoms with Crippen LogP contribution in [0.4, 0.5) is 0 Å². The molecule has 0 amide bonds. The SMILES string of the molecule is CCC1C=CCC1N. The van der Waals surface area contributed by atoms with E-state index in [2.05, 4.69) is 19.1 Å². The molecule has 0 aromatic carbocycles. The predicted octanol–water partition coefficient (Wildman–Crippen LogP) is 1.30. The van der Waals surface area contributed by atoms with Crippen molar-refractivity contribution in [2.24, 2.45) is 11.7 Å². The Morgan fingerprint density at radius 3 is 2.75 bits per heavy atom. The highest BCUT2D eigenvalue weighted by Gasteiger charge is 2.15. The number of hydrogen-bond donors (Lipinski definition) is 1. The summed E-state index contributed by atoms with van der Waals surface area (Å²) < 4.78 is 0. The van der Waals surface area contributed by atoms with Gasteiger partial charge in [-0.1, -0.05) is 19.1 Å². The normalized spacial score (nSPS) is 36.2. The summed E-state index contributed by atoms with van der Waals surface area (Å²) in [4.78, 5) is 0. The molecule has 0 heterocycles. The summed E-state index contributed by atoms with van der Waals surface area (Å²) in [7, 11) is 0. The molecule has 1 aliphatic rings. The second-order valence-electron chi connectivity index (χ2n) is 2.40. The quantitative estimate of drug-likeness (QED) is 0.507. The molecule has 2 N–H and O–H groups in total. The van der Waals surface area contributed by atoms with Crippen molar-refractivity contribution in [3.63, 3.8) is 0 Å². The summed E-state index contributed by atoms with van der Waals surface area (Å²) in [6.45, 7) is 2.18. The van der Waals surface area contributed by atoms with Crippen LogP contribution < -0.4 is 5.73 Å². The average molecular weight is 111 g/mol. The lowest BCUT2D eigenvalue weighted by Crippen LogP contribution is -2.23. The molecule has 0 saturated carbocycles. The minimum Gasteiger partial charge on any atom is -0.327 e. The summed E-state index contributed by atoms with van der Waals surface area (Å²) in [5.74, 6) is 0.662. The van der Waals surface area contributed by atoms with Crippen LogP contribution in [0.25, 0.3) is 0 Å². The van der Waals surface area contributed by atoms with Gasteiger partial charge in [0.05, 0.1) is 0 Å². The molecule has 1 heteroatoms. The molecule has 8 heavy (non-hydrogen) atoms. The molecule has 1 rings (SSSR count). The van der Waals surface area contributed by atoms with E-state index in [0.29, 0.717) is 12.0 Å². The molecule has 2 unspecified atom stereocenters. The number of hydrogen-bond acceptors (Lipinski definition) is 1. The maximum absolute atomic E-state index is 5.73. The second-order valence-corrected chi connectivity index (χ2v) is 2.40. The molecule has 0 aliphatic heterocycles. The van der Waals surface area contributed by atoms with Crippen LogP contribution in [0.5, 0.6) is 0 Å². The largest absolute Gasteiger partial charge is 0.327 e. The van der Waals surface area contributed by atoms with Gasteiger partial charge >= 0.3 is 0 Å². The fourth-order valence-corrected chi connectivity index (χ4v) is 1.17. The first kappa shape index (κ1) is 5.83. The van der Waals surface area contributed by atoms with E-state index in [4.69, 9.17) is 5.73 Å². The molecular weight excluding hydrogens is 98.1 g/mol. The van der Waals surface area contributed by atoms with Crippen LogP contribution >= 0.6 is 0 Å². The Morgan fingerprint density at radius 2 is 2.50 bits per heavy atom. The van der Waals surface area contributed by atoms with E-state index in [1.807, 2.05) is 0 Å². The second kappa shape index (κ2) is 2.31. The third kappa shape index (κ3) is 0.920. The van der Waals surface area contributed by atoms with Crippen molar-refractivity contribution in [3.05, 3.63) is 12.2 Å². The van der Waals surface area contributed by atoms with Crippen LogP contribution in [0.15, 0.2) is 12.2 Å². The van der Waals surface area contributed by atoms with Crippen molar-refractivity contribution in [2.75, 3.05) is 0 Å². The number of rotatable bonds is 1. The minimum atomic E-state index is 0.417. The first-order chi connectivity index (χ1) is 3.84. The van der Waals surface area contributed by atoms with Gasteiger partial charge in [-0.2, -0.15) is 0 Å². The van der Waals surface area contributed by atoms with Crippen molar-refractivity contribution in [1.82, 2.24) is 0 Å². The lowest BCUT2D eigenvalue weighted by molar-refractivity contribution is 0.521. The van der Waals surface area contributed by atoms with Crippen LogP contribution in [-0.2, 0) is 0 Å². The van der Waals surface area contributed by atoms with Crippen molar-refractivity contribution in [2.45, 2.75) is 25.8 Å². The van der Waals surface area contributed by atoms with Crippen molar-refractivity contribution in [1.29, 1.82) is 0 Å². The van der Waals surface area contributed by atoms with Gasteiger partial charge in [0.25, 0.3) is 0 Å². The van der Waals surface area contributed by atoms with Crippen LogP contribution in [0.2, 0.25) is 0 Å². The molecule has 1 nitrogen and oxygen atoms in total. The fourth-order valence-electron chi connectivity index (χ4n) is 1.17. The molecule has 2 atom stereocenters. The van der Waals surface area contributed by atoms with E-state index >= 15 is 0 Å². The van der Waals surface area contributed by atoms with E-state index < -0.39 is 0 Å². The van der Waals surface area contributed by atoms with E-state index in [0.717, 1.165) is 6.42 Å². The molecule has 0 bridgehead atoms. The topological polar surface area (TPSA) is 26.0 Å². The third-order valence-corrected chi connectivity index (χ3v) is 1.81. The van der Waals surface area contributed by atoms with Gasteiger partial charge in [0, 0.05) is 6.04 Å². The highest BCUT2D eigenvalue weighted by molar-refractivity contribution is 5.02. The van der Waals surface area contributed by atoms with E-state index in [1.165, 1.54) is 6.42 Å². The third-order valence-electron chi connectivity index (χ3n) is 1.81. The Morgan fingerprint density at radius 1 is 1.75 bits per heavy atom. The minimum absolute atomic E-state index is 0.417. The molecule has 0 aromatic rings. The summed E-state index contributed by atoms with van der Waals surface area (Å²) in [5.41, 5.74) is 5.73. The summed E-state index contributed by atoms with van der Waals surface area (Å²) in [6, 6.07) is 0.417. The number of nitrogens with two attached hydrogens (primary N) is 1. The highest BCUT2D eigenvalue weighted by Crippen LogP contribution is 2.18. The molecule has 0 saturated heterocycles. The van der Waals surface area contributed by atoms with Gasteiger partial charge in [0.1, 0.15) is 0 Å².